The van der Waals surface area contributed by atoms with Crippen molar-refractivity contribution < 1.29 is 23.5 Å². The molecule has 2 aromatic rings. The average molecular weight is 461 g/mol. The summed E-state index contributed by atoms with van der Waals surface area (Å²) in [5.74, 6) is 2.22. The van der Waals surface area contributed by atoms with E-state index in [1.165, 1.54) is 5.56 Å². The van der Waals surface area contributed by atoms with Gasteiger partial charge in [0.05, 0.1) is 20.1 Å². The SMILES string of the molecule is CC.CCC(CC)OC(=O)OC[N+]1(C)CC2c3ccccc3Oc3ccc(Cl)cc3C2C1. The molecule has 4 rings (SSSR count). The van der Waals surface area contributed by atoms with Crippen LogP contribution < -0.4 is 4.74 Å². The van der Waals surface area contributed by atoms with Crippen LogP contribution in [0.1, 0.15) is 63.5 Å². The third kappa shape index (κ3) is 5.21. The van der Waals surface area contributed by atoms with Crippen molar-refractivity contribution in [1.29, 1.82) is 0 Å². The van der Waals surface area contributed by atoms with Crippen molar-refractivity contribution in [2.24, 2.45) is 0 Å². The lowest BCUT2D eigenvalue weighted by molar-refractivity contribution is -0.915. The standard InChI is InChI=1S/C24H29ClNO4.C2H6/c1-4-17(5-2)29-24(27)28-15-26(3)13-20-18-8-6-7-9-22(18)30-23-11-10-16(25)12-19(23)21(20)14-26;1-2/h6-12,17,20-21H,4-5,13-15H2,1-3H3;1-2H3/q+1;. The summed E-state index contributed by atoms with van der Waals surface area (Å²) in [4.78, 5) is 12.2. The van der Waals surface area contributed by atoms with Crippen LogP contribution in [0.3, 0.4) is 0 Å². The van der Waals surface area contributed by atoms with Gasteiger partial charge in [0.1, 0.15) is 17.6 Å². The average Bonchev–Trinajstić information content (AvgIpc) is 3.11. The lowest BCUT2D eigenvalue weighted by Gasteiger charge is -2.29. The van der Waals surface area contributed by atoms with Crippen molar-refractivity contribution in [1.82, 2.24) is 0 Å². The molecular formula is C26H35ClNO4+. The Balaban J connectivity index is 0.00000141. The number of quaternary nitrogens is 1. The molecule has 0 aliphatic carbocycles. The Morgan fingerprint density at radius 2 is 1.69 bits per heavy atom. The lowest BCUT2D eigenvalue weighted by atomic mass is 9.84. The zero-order chi connectivity index (χ0) is 23.3. The van der Waals surface area contributed by atoms with E-state index in [2.05, 4.69) is 13.1 Å². The van der Waals surface area contributed by atoms with Gasteiger partial charge in [-0.15, -0.1) is 0 Å². The summed E-state index contributed by atoms with van der Waals surface area (Å²) in [7, 11) is 2.13. The quantitative estimate of drug-likeness (QED) is 0.352. The van der Waals surface area contributed by atoms with Gasteiger partial charge in [0.15, 0.2) is 0 Å². The minimum Gasteiger partial charge on any atom is -0.457 e. The summed E-state index contributed by atoms with van der Waals surface area (Å²) in [5.41, 5.74) is 2.31. The van der Waals surface area contributed by atoms with Gasteiger partial charge in [0, 0.05) is 28.0 Å². The summed E-state index contributed by atoms with van der Waals surface area (Å²) >= 11 is 6.33. The van der Waals surface area contributed by atoms with Crippen molar-refractivity contribution in [3.05, 3.63) is 58.6 Å². The first kappa shape index (κ1) is 24.4. The molecule has 0 aromatic heterocycles. The first-order chi connectivity index (χ1) is 15.4. The number of halogens is 1. The van der Waals surface area contributed by atoms with E-state index in [0.717, 1.165) is 43.0 Å². The lowest BCUT2D eigenvalue weighted by Crippen LogP contribution is -2.44. The van der Waals surface area contributed by atoms with E-state index < -0.39 is 6.16 Å². The van der Waals surface area contributed by atoms with Crippen LogP contribution in [0.25, 0.3) is 0 Å². The van der Waals surface area contributed by atoms with Gasteiger partial charge in [-0.3, -0.25) is 4.48 Å². The number of carbonyl (C=O) groups excluding carboxylic acids is 1. The molecule has 3 unspecified atom stereocenters. The molecule has 0 saturated carbocycles. The first-order valence-electron chi connectivity index (χ1n) is 11.7. The van der Waals surface area contributed by atoms with Crippen molar-refractivity contribution in [3.8, 4) is 11.5 Å². The summed E-state index contributed by atoms with van der Waals surface area (Å²) in [6.07, 6.45) is 0.903. The van der Waals surface area contributed by atoms with Crippen LogP contribution in [0, 0.1) is 0 Å². The first-order valence-corrected chi connectivity index (χ1v) is 12.0. The molecule has 5 nitrogen and oxygen atoms in total. The van der Waals surface area contributed by atoms with Crippen LogP contribution in [-0.2, 0) is 9.47 Å². The molecule has 0 radical (unpaired) electrons. The number of likely N-dealkylation sites (tertiary alicyclic amines) is 1. The molecule has 1 saturated heterocycles. The number of nitrogens with zero attached hydrogens (tertiary/aromatic N) is 1. The van der Waals surface area contributed by atoms with Crippen molar-refractivity contribution in [2.45, 2.75) is 58.5 Å². The highest BCUT2D eigenvalue weighted by Gasteiger charge is 2.48. The van der Waals surface area contributed by atoms with Crippen LogP contribution in [-0.4, -0.2) is 43.6 Å². The van der Waals surface area contributed by atoms with Crippen LogP contribution in [0.2, 0.25) is 5.02 Å². The molecule has 6 heteroatoms. The van der Waals surface area contributed by atoms with Crippen LogP contribution >= 0.6 is 11.6 Å². The van der Waals surface area contributed by atoms with Crippen molar-refractivity contribution >= 4 is 17.8 Å². The third-order valence-corrected chi connectivity index (χ3v) is 6.57. The van der Waals surface area contributed by atoms with Crippen LogP contribution in [0.5, 0.6) is 11.5 Å². The van der Waals surface area contributed by atoms with Crippen LogP contribution in [0.15, 0.2) is 42.5 Å². The number of fused-ring (bicyclic) bond motifs is 5. The molecular weight excluding hydrogens is 426 g/mol. The number of para-hydroxylation sites is 1. The largest absolute Gasteiger partial charge is 0.512 e. The number of carbonyl (C=O) groups is 1. The van der Waals surface area contributed by atoms with E-state index in [4.69, 9.17) is 25.8 Å². The predicted octanol–water partition coefficient (Wildman–Crippen LogP) is 7.10. The van der Waals surface area contributed by atoms with Gasteiger partial charge in [0.25, 0.3) is 0 Å². The minimum absolute atomic E-state index is 0.0921. The minimum atomic E-state index is -0.581. The predicted molar refractivity (Wildman–Crippen MR) is 128 cm³/mol. The second kappa shape index (κ2) is 10.6. The molecule has 32 heavy (non-hydrogen) atoms. The number of hydrogen-bond donors (Lipinski definition) is 0. The Hall–Kier alpha value is -2.24. The molecule has 2 aliphatic heterocycles. The summed E-state index contributed by atoms with van der Waals surface area (Å²) < 4.78 is 17.8. The van der Waals surface area contributed by atoms with Gasteiger partial charge in [0.2, 0.25) is 6.73 Å². The van der Waals surface area contributed by atoms with E-state index in [1.807, 2.05) is 64.1 Å². The molecule has 174 valence electrons. The summed E-state index contributed by atoms with van der Waals surface area (Å²) in [5, 5.41) is 0.702. The van der Waals surface area contributed by atoms with Gasteiger partial charge in [-0.05, 0) is 37.1 Å². The zero-order valence-corrected chi connectivity index (χ0v) is 20.5. The molecule has 0 N–H and O–H groups in total. The molecule has 2 heterocycles. The molecule has 0 bridgehead atoms. The maximum Gasteiger partial charge on any atom is 0.512 e. The molecule has 2 aliphatic rings. The Labute approximate surface area is 196 Å². The topological polar surface area (TPSA) is 44.8 Å². The Kier molecular flexibility index (Phi) is 8.07. The highest BCUT2D eigenvalue weighted by atomic mass is 35.5. The summed E-state index contributed by atoms with van der Waals surface area (Å²) in [6, 6.07) is 14.0. The van der Waals surface area contributed by atoms with Gasteiger partial charge >= 0.3 is 6.16 Å². The highest BCUT2D eigenvalue weighted by Crippen LogP contribution is 2.51. The number of hydrogen-bond acceptors (Lipinski definition) is 4. The fraction of sp³-hybridized carbons (Fsp3) is 0.500. The molecule has 2 aromatic carbocycles. The van der Waals surface area contributed by atoms with Gasteiger partial charge in [-0.2, -0.15) is 0 Å². The Morgan fingerprint density at radius 3 is 2.38 bits per heavy atom. The molecule has 0 spiro atoms. The van der Waals surface area contributed by atoms with Crippen LogP contribution in [0.4, 0.5) is 4.79 Å². The Morgan fingerprint density at radius 1 is 1.06 bits per heavy atom. The third-order valence-electron chi connectivity index (χ3n) is 6.34. The smallest absolute Gasteiger partial charge is 0.457 e. The zero-order valence-electron chi connectivity index (χ0n) is 19.8. The molecule has 0 amide bonds. The second-order valence-electron chi connectivity index (χ2n) is 8.60. The van der Waals surface area contributed by atoms with Gasteiger partial charge in [-0.1, -0.05) is 57.5 Å². The van der Waals surface area contributed by atoms with E-state index in [-0.39, 0.29) is 24.7 Å². The number of ether oxygens (including phenoxy) is 3. The summed E-state index contributed by atoms with van der Waals surface area (Å²) in [6.45, 7) is 9.96. The normalized spacial score (nSPS) is 23.0. The van der Waals surface area contributed by atoms with Gasteiger partial charge in [-0.25, -0.2) is 4.79 Å². The molecule has 3 atom stereocenters. The fourth-order valence-electron chi connectivity index (χ4n) is 4.75. The van der Waals surface area contributed by atoms with E-state index in [1.54, 1.807) is 0 Å². The highest BCUT2D eigenvalue weighted by molar-refractivity contribution is 6.30. The Bertz CT molecular complexity index is 930. The maximum atomic E-state index is 12.2. The maximum absolute atomic E-state index is 12.2. The number of likely N-dealkylation sites (N-methyl/N-ethyl adjacent to an activating group) is 1. The fourth-order valence-corrected chi connectivity index (χ4v) is 4.93. The number of rotatable bonds is 5. The van der Waals surface area contributed by atoms with E-state index in [9.17, 15) is 4.79 Å². The van der Waals surface area contributed by atoms with Crippen molar-refractivity contribution in [3.63, 3.8) is 0 Å². The number of benzene rings is 2. The monoisotopic (exact) mass is 460 g/mol. The van der Waals surface area contributed by atoms with E-state index in [0.29, 0.717) is 9.51 Å². The molecule has 1 fully saturated rings. The van der Waals surface area contributed by atoms with Crippen molar-refractivity contribution in [2.75, 3.05) is 26.9 Å². The second-order valence-corrected chi connectivity index (χ2v) is 9.04. The van der Waals surface area contributed by atoms with E-state index >= 15 is 0 Å². The van der Waals surface area contributed by atoms with Gasteiger partial charge < -0.3 is 14.2 Å².